The van der Waals surface area contributed by atoms with Crippen molar-refractivity contribution in [3.05, 3.63) is 181 Å². The van der Waals surface area contributed by atoms with E-state index in [9.17, 15) is 0 Å². The van der Waals surface area contributed by atoms with Crippen LogP contribution in [0, 0.1) is 27.7 Å². The fourth-order valence-corrected chi connectivity index (χ4v) is 10.1. The molecule has 12 rings (SSSR count). The first-order chi connectivity index (χ1) is 32.3. The van der Waals surface area contributed by atoms with Crippen LogP contribution in [0.5, 0.6) is 0 Å². The lowest BCUT2D eigenvalue weighted by Crippen LogP contribution is -2.04. The van der Waals surface area contributed by atoms with Crippen LogP contribution in [0.25, 0.3) is 116 Å². The van der Waals surface area contributed by atoms with Crippen LogP contribution in [-0.4, -0.2) is 49.4 Å². The summed E-state index contributed by atoms with van der Waals surface area (Å²) in [7, 11) is 0. The van der Waals surface area contributed by atoms with Gasteiger partial charge in [-0.25, -0.2) is 44.9 Å². The molecule has 0 unspecified atom stereocenters. The van der Waals surface area contributed by atoms with Crippen LogP contribution in [0.1, 0.15) is 23.3 Å². The fraction of sp³-hybridized carbons (Fsp3) is 0.0727. The molecule has 314 valence electrons. The Morgan fingerprint density at radius 3 is 1.33 bits per heavy atom. The summed E-state index contributed by atoms with van der Waals surface area (Å²) in [6, 6.07) is 55.0. The van der Waals surface area contributed by atoms with Crippen molar-refractivity contribution in [3.8, 4) is 73.8 Å². The molecule has 5 heterocycles. The summed E-state index contributed by atoms with van der Waals surface area (Å²) < 4.78 is 4.80. The summed E-state index contributed by atoms with van der Waals surface area (Å²) in [5, 5.41) is 4.63. The highest BCUT2D eigenvalue weighted by Crippen LogP contribution is 2.42. The minimum absolute atomic E-state index is 0.539. The number of hydrogen-bond donors (Lipinski definition) is 0. The first-order valence-electron chi connectivity index (χ1n) is 21.7. The van der Waals surface area contributed by atoms with Crippen molar-refractivity contribution in [2.24, 2.45) is 0 Å². The molecule has 0 amide bonds. The van der Waals surface area contributed by atoms with Gasteiger partial charge in [-0.15, -0.1) is 11.3 Å². The third-order valence-electron chi connectivity index (χ3n) is 11.9. The number of fused-ring (bicyclic) bond motifs is 6. The largest absolute Gasteiger partial charge is 0.308 e. The minimum atomic E-state index is 0.539. The van der Waals surface area contributed by atoms with Crippen LogP contribution in [0.4, 0.5) is 0 Å². The molecule has 5 aromatic heterocycles. The van der Waals surface area contributed by atoms with E-state index < -0.39 is 0 Å². The molecule has 12 aromatic rings. The molecule has 10 nitrogen and oxygen atoms in total. The van der Waals surface area contributed by atoms with Gasteiger partial charge in [-0.3, -0.25) is 0 Å². The Hall–Kier alpha value is -8.41. The van der Waals surface area contributed by atoms with Crippen LogP contribution in [0.15, 0.2) is 158 Å². The first-order valence-corrected chi connectivity index (χ1v) is 22.5. The maximum atomic E-state index is 5.33. The third kappa shape index (κ3) is 6.93. The van der Waals surface area contributed by atoms with Crippen LogP contribution in [-0.2, 0) is 0 Å². The summed E-state index contributed by atoms with van der Waals surface area (Å²) in [5.74, 6) is 5.57. The Morgan fingerprint density at radius 2 is 0.758 bits per heavy atom. The summed E-state index contributed by atoms with van der Waals surface area (Å²) in [6.07, 6.45) is 0. The van der Waals surface area contributed by atoms with Crippen molar-refractivity contribution in [3.63, 3.8) is 0 Å². The molecule has 0 N–H and O–H groups in total. The van der Waals surface area contributed by atoms with Crippen molar-refractivity contribution in [2.45, 2.75) is 27.7 Å². The van der Waals surface area contributed by atoms with E-state index in [1.54, 1.807) is 0 Å². The van der Waals surface area contributed by atoms with Gasteiger partial charge in [0.05, 0.1) is 16.7 Å². The zero-order valence-corrected chi connectivity index (χ0v) is 37.2. The summed E-state index contributed by atoms with van der Waals surface area (Å²) in [6.45, 7) is 7.59. The average molecular weight is 871 g/mol. The Kier molecular flexibility index (Phi) is 9.32. The van der Waals surface area contributed by atoms with Gasteiger partial charge in [-0.2, -0.15) is 0 Å². The van der Waals surface area contributed by atoms with Crippen molar-refractivity contribution in [2.75, 3.05) is 0 Å². The van der Waals surface area contributed by atoms with E-state index in [1.165, 1.54) is 20.2 Å². The Labute approximate surface area is 383 Å². The molecule has 0 atom stereocenters. The number of benzene rings is 7. The van der Waals surface area contributed by atoms with Gasteiger partial charge in [-0.1, -0.05) is 121 Å². The van der Waals surface area contributed by atoms with Crippen LogP contribution in [0.2, 0.25) is 0 Å². The monoisotopic (exact) mass is 870 g/mol. The van der Waals surface area contributed by atoms with Gasteiger partial charge in [0, 0.05) is 58.8 Å². The van der Waals surface area contributed by atoms with Crippen LogP contribution >= 0.6 is 11.3 Å². The Bertz CT molecular complexity index is 3670. The quantitative estimate of drug-likeness (QED) is 0.154. The fourth-order valence-electron chi connectivity index (χ4n) is 8.97. The topological polar surface area (TPSA) is 121 Å². The number of hydrogen-bond acceptors (Lipinski definition) is 10. The molecular formula is C55H38N10S. The third-order valence-corrected chi connectivity index (χ3v) is 13.0. The lowest BCUT2D eigenvalue weighted by Gasteiger charge is -2.17. The summed E-state index contributed by atoms with van der Waals surface area (Å²) in [5.41, 5.74) is 9.28. The lowest BCUT2D eigenvalue weighted by molar-refractivity contribution is 0.928. The molecule has 0 aliphatic heterocycles. The normalized spacial score (nSPS) is 11.6. The van der Waals surface area contributed by atoms with E-state index in [0.717, 1.165) is 66.4 Å². The van der Waals surface area contributed by atoms with Gasteiger partial charge < -0.3 is 4.57 Å². The molecule has 0 saturated heterocycles. The molecule has 0 aliphatic carbocycles. The predicted molar refractivity (Wildman–Crippen MR) is 265 cm³/mol. The number of aryl methyl sites for hydroxylation is 4. The molecule has 66 heavy (non-hydrogen) atoms. The zero-order valence-electron chi connectivity index (χ0n) is 36.4. The smallest absolute Gasteiger partial charge is 0.166 e. The molecule has 0 fully saturated rings. The van der Waals surface area contributed by atoms with Gasteiger partial charge in [0.15, 0.2) is 29.1 Å². The van der Waals surface area contributed by atoms with Crippen molar-refractivity contribution in [1.29, 1.82) is 0 Å². The summed E-state index contributed by atoms with van der Waals surface area (Å²) in [4.78, 5) is 43.8. The minimum Gasteiger partial charge on any atom is -0.308 e. The average Bonchev–Trinajstić information content (AvgIpc) is 3.88. The molecular weight excluding hydrogens is 833 g/mol. The first kappa shape index (κ1) is 39.2. The van der Waals surface area contributed by atoms with E-state index in [4.69, 9.17) is 34.9 Å². The van der Waals surface area contributed by atoms with Crippen molar-refractivity contribution in [1.82, 2.24) is 49.4 Å². The van der Waals surface area contributed by atoms with Crippen molar-refractivity contribution >= 4 is 53.3 Å². The van der Waals surface area contributed by atoms with Gasteiger partial charge in [0.25, 0.3) is 0 Å². The van der Waals surface area contributed by atoms with Gasteiger partial charge in [-0.05, 0) is 75.2 Å². The maximum absolute atomic E-state index is 5.33. The number of thiophene rings is 1. The number of rotatable bonds is 7. The van der Waals surface area contributed by atoms with Crippen molar-refractivity contribution < 1.29 is 0 Å². The number of aromatic nitrogens is 10. The van der Waals surface area contributed by atoms with E-state index in [2.05, 4.69) is 112 Å². The van der Waals surface area contributed by atoms with Gasteiger partial charge in [0.2, 0.25) is 0 Å². The molecule has 0 saturated carbocycles. The Balaban J connectivity index is 1.17. The van der Waals surface area contributed by atoms with Crippen LogP contribution in [0.3, 0.4) is 0 Å². The predicted octanol–water partition coefficient (Wildman–Crippen LogP) is 12.9. The second kappa shape index (κ2) is 15.7. The molecule has 0 radical (unpaired) electrons. The maximum Gasteiger partial charge on any atom is 0.166 e. The number of nitrogens with zero attached hydrogens (tertiary/aromatic N) is 10. The lowest BCUT2D eigenvalue weighted by atomic mass is 9.99. The molecule has 11 heteroatoms. The molecule has 0 aliphatic rings. The van der Waals surface area contributed by atoms with Gasteiger partial charge in [0.1, 0.15) is 23.3 Å². The van der Waals surface area contributed by atoms with Crippen LogP contribution < -0.4 is 0 Å². The molecule has 0 spiro atoms. The standard InChI is InChI=1S/C55H38N10S/c1-31-56-32(2)59-53(58-31)39-20-23-41-42-24-21-40(54-60-33(3)57-34(4)61-54)29-48(42)65(47(41)28-39)46-26-22-37(38-19-25-44-43-17-11-12-18-49(43)66-50(44)30-38)27-45(46)55-63-51(35-13-7-5-8-14-35)62-52(64-55)36-15-9-6-10-16-36/h5-30H,1-4H3. The van der Waals surface area contributed by atoms with Gasteiger partial charge >= 0.3 is 0 Å². The second-order valence-corrected chi connectivity index (χ2v) is 17.5. The van der Waals surface area contributed by atoms with E-state index in [-0.39, 0.29) is 0 Å². The highest BCUT2D eigenvalue weighted by molar-refractivity contribution is 7.25. The highest BCUT2D eigenvalue weighted by Gasteiger charge is 2.22. The highest BCUT2D eigenvalue weighted by atomic mass is 32.1. The Morgan fingerprint density at radius 1 is 0.318 bits per heavy atom. The van der Waals surface area contributed by atoms with E-state index in [1.807, 2.05) is 99.7 Å². The second-order valence-electron chi connectivity index (χ2n) is 16.4. The SMILES string of the molecule is Cc1nc(C)nc(-c2ccc3c4ccc(-c5nc(C)nc(C)n5)cc4n(-c4ccc(-c5ccc6c(c5)sc5ccccc56)cc4-c4nc(-c5ccccc5)nc(-c5ccccc5)n4)c3c2)n1. The summed E-state index contributed by atoms with van der Waals surface area (Å²) >= 11 is 1.81. The molecule has 7 aromatic carbocycles. The van der Waals surface area contributed by atoms with E-state index in [0.29, 0.717) is 52.4 Å². The molecule has 0 bridgehead atoms. The zero-order chi connectivity index (χ0) is 44.5. The van der Waals surface area contributed by atoms with E-state index >= 15 is 0 Å².